The molecule has 17 heavy (non-hydrogen) atoms. The van der Waals surface area contributed by atoms with Gasteiger partial charge in [0, 0.05) is 25.3 Å². The molecule has 1 aliphatic rings. The number of nitrogens with zero attached hydrogens (tertiary/aromatic N) is 2. The average Bonchev–Trinajstić information content (AvgIpc) is 2.75. The zero-order valence-corrected chi connectivity index (χ0v) is 10.3. The van der Waals surface area contributed by atoms with Crippen molar-refractivity contribution >= 4 is 11.7 Å². The normalized spacial score (nSPS) is 20.5. The van der Waals surface area contributed by atoms with Crippen molar-refractivity contribution in [1.29, 1.82) is 0 Å². The Bertz CT molecular complexity index is 420. The van der Waals surface area contributed by atoms with Crippen molar-refractivity contribution in [3.05, 3.63) is 29.8 Å². The molecule has 2 rings (SSSR count). The quantitative estimate of drug-likeness (QED) is 0.861. The van der Waals surface area contributed by atoms with Crippen molar-refractivity contribution in [3.63, 3.8) is 0 Å². The Labute approximate surface area is 101 Å². The number of likely N-dealkylation sites (N-methyl/N-ethyl adjacent to an activating group) is 2. The van der Waals surface area contributed by atoms with Gasteiger partial charge in [-0.2, -0.15) is 0 Å². The van der Waals surface area contributed by atoms with E-state index in [9.17, 15) is 4.79 Å². The maximum atomic E-state index is 10.9. The highest BCUT2D eigenvalue weighted by Crippen LogP contribution is 2.21. The van der Waals surface area contributed by atoms with Gasteiger partial charge in [-0.1, -0.05) is 6.07 Å². The summed E-state index contributed by atoms with van der Waals surface area (Å²) in [4.78, 5) is 15.4. The van der Waals surface area contributed by atoms with Crippen molar-refractivity contribution in [1.82, 2.24) is 4.90 Å². The molecule has 4 nitrogen and oxygen atoms in total. The molecule has 0 amide bonds. The van der Waals surface area contributed by atoms with Crippen LogP contribution in [-0.2, 0) is 0 Å². The largest absolute Gasteiger partial charge is 0.478 e. The topological polar surface area (TPSA) is 43.8 Å². The van der Waals surface area contributed by atoms with E-state index in [0.717, 1.165) is 25.2 Å². The molecule has 0 saturated carbocycles. The number of anilines is 1. The van der Waals surface area contributed by atoms with E-state index in [0.29, 0.717) is 11.6 Å². The number of carbonyl (C=O) groups is 1. The van der Waals surface area contributed by atoms with E-state index in [1.165, 1.54) is 0 Å². The van der Waals surface area contributed by atoms with Crippen LogP contribution in [0.2, 0.25) is 0 Å². The zero-order valence-electron chi connectivity index (χ0n) is 10.3. The van der Waals surface area contributed by atoms with Gasteiger partial charge < -0.3 is 14.9 Å². The van der Waals surface area contributed by atoms with Crippen LogP contribution >= 0.6 is 0 Å². The van der Waals surface area contributed by atoms with Crippen LogP contribution < -0.4 is 4.90 Å². The summed E-state index contributed by atoms with van der Waals surface area (Å²) in [5, 5.41) is 8.97. The van der Waals surface area contributed by atoms with Gasteiger partial charge in [0.1, 0.15) is 0 Å². The third-order valence-corrected chi connectivity index (χ3v) is 3.41. The molecular formula is C13H18N2O2. The molecule has 0 aromatic heterocycles. The molecule has 1 aliphatic heterocycles. The smallest absolute Gasteiger partial charge is 0.335 e. The minimum atomic E-state index is -0.871. The zero-order chi connectivity index (χ0) is 12.4. The van der Waals surface area contributed by atoms with E-state index >= 15 is 0 Å². The molecule has 0 radical (unpaired) electrons. The Hall–Kier alpha value is -1.55. The van der Waals surface area contributed by atoms with Crippen LogP contribution in [0.3, 0.4) is 0 Å². The Kier molecular flexibility index (Phi) is 3.33. The molecule has 1 aromatic carbocycles. The molecule has 0 spiro atoms. The highest BCUT2D eigenvalue weighted by Gasteiger charge is 2.23. The average molecular weight is 234 g/mol. The van der Waals surface area contributed by atoms with E-state index in [1.54, 1.807) is 18.2 Å². The van der Waals surface area contributed by atoms with Crippen molar-refractivity contribution in [3.8, 4) is 0 Å². The van der Waals surface area contributed by atoms with Crippen LogP contribution in [0.5, 0.6) is 0 Å². The molecule has 1 fully saturated rings. The molecule has 1 heterocycles. The summed E-state index contributed by atoms with van der Waals surface area (Å²) in [7, 11) is 4.15. The van der Waals surface area contributed by atoms with Gasteiger partial charge in [-0.05, 0) is 38.2 Å². The van der Waals surface area contributed by atoms with E-state index in [1.807, 2.05) is 13.1 Å². The number of hydrogen-bond acceptors (Lipinski definition) is 3. The molecule has 0 bridgehead atoms. The minimum Gasteiger partial charge on any atom is -0.478 e. The summed E-state index contributed by atoms with van der Waals surface area (Å²) in [6.45, 7) is 2.14. The Morgan fingerprint density at radius 3 is 2.88 bits per heavy atom. The third-order valence-electron chi connectivity index (χ3n) is 3.41. The maximum absolute atomic E-state index is 10.9. The van der Waals surface area contributed by atoms with Crippen LogP contribution in [0.25, 0.3) is 0 Å². The summed E-state index contributed by atoms with van der Waals surface area (Å²) in [6.07, 6.45) is 1.13. The fourth-order valence-corrected chi connectivity index (χ4v) is 2.30. The molecule has 1 unspecified atom stereocenters. The van der Waals surface area contributed by atoms with Gasteiger partial charge in [0.05, 0.1) is 5.56 Å². The van der Waals surface area contributed by atoms with Crippen molar-refractivity contribution in [2.75, 3.05) is 32.1 Å². The van der Waals surface area contributed by atoms with E-state index in [-0.39, 0.29) is 0 Å². The van der Waals surface area contributed by atoms with Gasteiger partial charge in [-0.25, -0.2) is 4.79 Å². The summed E-state index contributed by atoms with van der Waals surface area (Å²) in [5.74, 6) is -0.871. The highest BCUT2D eigenvalue weighted by molar-refractivity contribution is 5.88. The summed E-state index contributed by atoms with van der Waals surface area (Å²) >= 11 is 0. The number of carboxylic acid groups (broad SMARTS) is 1. The van der Waals surface area contributed by atoms with Gasteiger partial charge in [0.25, 0.3) is 0 Å². The molecule has 4 heteroatoms. The van der Waals surface area contributed by atoms with Crippen molar-refractivity contribution in [2.24, 2.45) is 0 Å². The van der Waals surface area contributed by atoms with Crippen LogP contribution in [0.15, 0.2) is 24.3 Å². The third kappa shape index (κ3) is 2.58. The lowest BCUT2D eigenvalue weighted by atomic mass is 10.1. The SMILES string of the molecule is CN1CCC(N(C)c2cccc(C(=O)O)c2)C1. The number of hydrogen-bond donors (Lipinski definition) is 1. The Morgan fingerprint density at radius 2 is 2.29 bits per heavy atom. The Balaban J connectivity index is 2.16. The van der Waals surface area contributed by atoms with Gasteiger partial charge >= 0.3 is 5.97 Å². The predicted octanol–water partition coefficient (Wildman–Crippen LogP) is 1.53. The maximum Gasteiger partial charge on any atom is 0.335 e. The van der Waals surface area contributed by atoms with Gasteiger partial charge in [-0.3, -0.25) is 0 Å². The van der Waals surface area contributed by atoms with E-state index < -0.39 is 5.97 Å². The Morgan fingerprint density at radius 1 is 1.53 bits per heavy atom. The van der Waals surface area contributed by atoms with Gasteiger partial charge in [0.15, 0.2) is 0 Å². The number of aromatic carboxylic acids is 1. The van der Waals surface area contributed by atoms with Crippen molar-refractivity contribution in [2.45, 2.75) is 12.5 Å². The molecule has 0 aliphatic carbocycles. The molecule has 1 N–H and O–H groups in total. The second-order valence-electron chi connectivity index (χ2n) is 4.67. The van der Waals surface area contributed by atoms with Crippen LogP contribution in [0.4, 0.5) is 5.69 Å². The van der Waals surface area contributed by atoms with E-state index in [2.05, 4.69) is 16.8 Å². The molecule has 1 aromatic rings. The summed E-state index contributed by atoms with van der Waals surface area (Å²) in [6, 6.07) is 7.60. The standard InChI is InChI=1S/C13H18N2O2/c1-14-7-6-12(9-14)15(2)11-5-3-4-10(8-11)13(16)17/h3-5,8,12H,6-7,9H2,1-2H3,(H,16,17). The number of carboxylic acids is 1. The first kappa shape index (κ1) is 11.9. The lowest BCUT2D eigenvalue weighted by Crippen LogP contribution is -2.33. The van der Waals surface area contributed by atoms with Gasteiger partial charge in [-0.15, -0.1) is 0 Å². The first-order chi connectivity index (χ1) is 8.08. The molecule has 92 valence electrons. The van der Waals surface area contributed by atoms with Crippen LogP contribution in [0.1, 0.15) is 16.8 Å². The number of benzene rings is 1. The molecular weight excluding hydrogens is 216 g/mol. The van der Waals surface area contributed by atoms with Crippen LogP contribution in [-0.4, -0.2) is 49.2 Å². The van der Waals surface area contributed by atoms with Crippen molar-refractivity contribution < 1.29 is 9.90 Å². The first-order valence-corrected chi connectivity index (χ1v) is 5.82. The highest BCUT2D eigenvalue weighted by atomic mass is 16.4. The first-order valence-electron chi connectivity index (χ1n) is 5.82. The lowest BCUT2D eigenvalue weighted by molar-refractivity contribution is 0.0697. The predicted molar refractivity (Wildman–Crippen MR) is 67.7 cm³/mol. The van der Waals surface area contributed by atoms with E-state index in [4.69, 9.17) is 5.11 Å². The fourth-order valence-electron chi connectivity index (χ4n) is 2.30. The van der Waals surface area contributed by atoms with Crippen LogP contribution in [0, 0.1) is 0 Å². The summed E-state index contributed by atoms with van der Waals surface area (Å²) in [5.41, 5.74) is 1.32. The minimum absolute atomic E-state index is 0.348. The monoisotopic (exact) mass is 234 g/mol. The molecule has 1 saturated heterocycles. The second-order valence-corrected chi connectivity index (χ2v) is 4.67. The number of rotatable bonds is 3. The number of likely N-dealkylation sites (tertiary alicyclic amines) is 1. The van der Waals surface area contributed by atoms with Gasteiger partial charge in [0.2, 0.25) is 0 Å². The fraction of sp³-hybridized carbons (Fsp3) is 0.462. The summed E-state index contributed by atoms with van der Waals surface area (Å²) < 4.78 is 0. The lowest BCUT2D eigenvalue weighted by Gasteiger charge is -2.26. The second kappa shape index (κ2) is 4.75. The molecule has 1 atom stereocenters.